The van der Waals surface area contributed by atoms with E-state index in [1.165, 1.54) is 6.07 Å². The smallest absolute Gasteiger partial charge is 0.162 e. The molecule has 1 nitrogen and oxygen atoms in total. The predicted molar refractivity (Wildman–Crippen MR) is 65.8 cm³/mol. The molecule has 0 aliphatic heterocycles. The molecule has 1 aliphatic rings. The van der Waals surface area contributed by atoms with Crippen LogP contribution < -0.4 is 0 Å². The number of nitrogens with zero attached hydrogens (tertiary/aromatic N) is 1. The molecule has 1 aromatic rings. The summed E-state index contributed by atoms with van der Waals surface area (Å²) in [6.07, 6.45) is 6.19. The van der Waals surface area contributed by atoms with Crippen LogP contribution in [0, 0.1) is 28.4 Å². The fourth-order valence-corrected chi connectivity index (χ4v) is 2.78. The van der Waals surface area contributed by atoms with Crippen molar-refractivity contribution in [2.75, 3.05) is 0 Å². The van der Waals surface area contributed by atoms with Crippen molar-refractivity contribution in [2.24, 2.45) is 5.41 Å². The minimum Gasteiger partial charge on any atom is -0.204 e. The molecule has 0 atom stereocenters. The number of halogens is 2. The van der Waals surface area contributed by atoms with Gasteiger partial charge in [-0.15, -0.1) is 0 Å². The van der Waals surface area contributed by atoms with Crippen molar-refractivity contribution in [1.82, 2.24) is 0 Å². The van der Waals surface area contributed by atoms with Crippen LogP contribution in [0.15, 0.2) is 18.2 Å². The van der Waals surface area contributed by atoms with Gasteiger partial charge in [0.15, 0.2) is 11.6 Å². The summed E-state index contributed by atoms with van der Waals surface area (Å²) in [6.45, 7) is 0. The van der Waals surface area contributed by atoms with Crippen LogP contribution in [-0.4, -0.2) is 0 Å². The lowest BCUT2D eigenvalue weighted by Gasteiger charge is -2.25. The van der Waals surface area contributed by atoms with Crippen LogP contribution >= 0.6 is 0 Å². The molecule has 1 aromatic carbocycles. The third-order valence-corrected chi connectivity index (χ3v) is 3.86. The van der Waals surface area contributed by atoms with Crippen LogP contribution in [-0.2, 0) is 6.42 Å². The lowest BCUT2D eigenvalue weighted by atomic mass is 9.76. The van der Waals surface area contributed by atoms with Crippen molar-refractivity contribution in [3.8, 4) is 6.07 Å². The Labute approximate surface area is 106 Å². The molecule has 1 saturated carbocycles. The maximum absolute atomic E-state index is 13.7. The van der Waals surface area contributed by atoms with E-state index in [2.05, 4.69) is 6.07 Å². The summed E-state index contributed by atoms with van der Waals surface area (Å²) in [5, 5.41) is 9.42. The molecule has 0 aromatic heterocycles. The third-order valence-electron chi connectivity index (χ3n) is 3.86. The minimum absolute atomic E-state index is 0.326. The normalized spacial score (nSPS) is 18.9. The second kappa shape index (κ2) is 5.48. The Kier molecular flexibility index (Phi) is 3.96. The van der Waals surface area contributed by atoms with Gasteiger partial charge in [0.2, 0.25) is 0 Å². The molecule has 1 fully saturated rings. The zero-order valence-electron chi connectivity index (χ0n) is 10.4. The first-order chi connectivity index (χ1) is 8.67. The molecular weight excluding hydrogens is 232 g/mol. The summed E-state index contributed by atoms with van der Waals surface area (Å²) in [5.74, 6) is -1.62. The van der Waals surface area contributed by atoms with E-state index in [0.29, 0.717) is 12.0 Å². The van der Waals surface area contributed by atoms with Gasteiger partial charge in [0.1, 0.15) is 0 Å². The second-order valence-electron chi connectivity index (χ2n) is 5.20. The summed E-state index contributed by atoms with van der Waals surface area (Å²) in [5.41, 5.74) is -0.177. The van der Waals surface area contributed by atoms with Crippen molar-refractivity contribution >= 4 is 0 Å². The van der Waals surface area contributed by atoms with E-state index in [1.54, 1.807) is 6.07 Å². The Morgan fingerprint density at radius 3 is 2.39 bits per heavy atom. The van der Waals surface area contributed by atoms with E-state index >= 15 is 0 Å². The van der Waals surface area contributed by atoms with Gasteiger partial charge in [0, 0.05) is 0 Å². The fourth-order valence-electron chi connectivity index (χ4n) is 2.78. The molecule has 0 bridgehead atoms. The quantitative estimate of drug-likeness (QED) is 0.714. The van der Waals surface area contributed by atoms with Crippen molar-refractivity contribution in [3.63, 3.8) is 0 Å². The van der Waals surface area contributed by atoms with Crippen molar-refractivity contribution in [2.45, 2.75) is 44.9 Å². The molecule has 0 saturated heterocycles. The SMILES string of the molecule is N#CC1(Cc2cccc(F)c2F)CCCCCC1. The first-order valence-electron chi connectivity index (χ1n) is 6.51. The molecule has 0 spiro atoms. The van der Waals surface area contributed by atoms with Gasteiger partial charge in [-0.1, -0.05) is 37.8 Å². The van der Waals surface area contributed by atoms with Crippen LogP contribution in [0.5, 0.6) is 0 Å². The first kappa shape index (κ1) is 13.0. The van der Waals surface area contributed by atoms with Gasteiger partial charge in [-0.2, -0.15) is 5.26 Å². The van der Waals surface area contributed by atoms with Crippen molar-refractivity contribution in [3.05, 3.63) is 35.4 Å². The lowest BCUT2D eigenvalue weighted by molar-refractivity contribution is 0.332. The Morgan fingerprint density at radius 1 is 1.11 bits per heavy atom. The highest BCUT2D eigenvalue weighted by Gasteiger charge is 2.32. The van der Waals surface area contributed by atoms with E-state index in [-0.39, 0.29) is 0 Å². The standard InChI is InChI=1S/C15H17F2N/c16-13-7-5-6-12(14(13)17)10-15(11-18)8-3-1-2-4-9-15/h5-7H,1-4,8-10H2. The Hall–Kier alpha value is -1.43. The van der Waals surface area contributed by atoms with Gasteiger partial charge in [0.25, 0.3) is 0 Å². The molecule has 2 rings (SSSR count). The number of nitriles is 1. The van der Waals surface area contributed by atoms with E-state index < -0.39 is 17.0 Å². The molecule has 0 heterocycles. The average molecular weight is 249 g/mol. The van der Waals surface area contributed by atoms with Gasteiger partial charge in [-0.05, 0) is 30.9 Å². The topological polar surface area (TPSA) is 23.8 Å². The van der Waals surface area contributed by atoms with Crippen LogP contribution in [0.25, 0.3) is 0 Å². The molecule has 0 unspecified atom stereocenters. The highest BCUT2D eigenvalue weighted by molar-refractivity contribution is 5.22. The van der Waals surface area contributed by atoms with Gasteiger partial charge in [-0.3, -0.25) is 0 Å². The Bertz CT molecular complexity index is 454. The molecule has 3 heteroatoms. The highest BCUT2D eigenvalue weighted by Crippen LogP contribution is 2.38. The molecule has 0 radical (unpaired) electrons. The summed E-state index contributed by atoms with van der Waals surface area (Å²) in [7, 11) is 0. The van der Waals surface area contributed by atoms with Crippen LogP contribution in [0.1, 0.15) is 44.1 Å². The maximum Gasteiger partial charge on any atom is 0.162 e. The molecular formula is C15H17F2N. The number of rotatable bonds is 2. The Balaban J connectivity index is 2.24. The van der Waals surface area contributed by atoms with Gasteiger partial charge >= 0.3 is 0 Å². The number of hydrogen-bond donors (Lipinski definition) is 0. The predicted octanol–water partition coefficient (Wildman–Crippen LogP) is 4.37. The van der Waals surface area contributed by atoms with Crippen LogP contribution in [0.3, 0.4) is 0 Å². The van der Waals surface area contributed by atoms with Crippen LogP contribution in [0.4, 0.5) is 8.78 Å². The number of benzene rings is 1. The zero-order valence-corrected chi connectivity index (χ0v) is 10.4. The first-order valence-corrected chi connectivity index (χ1v) is 6.51. The largest absolute Gasteiger partial charge is 0.204 e. The van der Waals surface area contributed by atoms with Gasteiger partial charge < -0.3 is 0 Å². The summed E-state index contributed by atoms with van der Waals surface area (Å²) < 4.78 is 26.9. The van der Waals surface area contributed by atoms with Gasteiger partial charge in [0.05, 0.1) is 11.5 Å². The molecule has 96 valence electrons. The van der Waals surface area contributed by atoms with E-state index in [4.69, 9.17) is 0 Å². The molecule has 1 aliphatic carbocycles. The second-order valence-corrected chi connectivity index (χ2v) is 5.20. The van der Waals surface area contributed by atoms with E-state index in [9.17, 15) is 14.0 Å². The van der Waals surface area contributed by atoms with Crippen molar-refractivity contribution < 1.29 is 8.78 Å². The minimum atomic E-state index is -0.825. The van der Waals surface area contributed by atoms with E-state index in [1.807, 2.05) is 0 Å². The molecule has 0 N–H and O–H groups in total. The summed E-state index contributed by atoms with van der Waals surface area (Å²) >= 11 is 0. The summed E-state index contributed by atoms with van der Waals surface area (Å²) in [4.78, 5) is 0. The van der Waals surface area contributed by atoms with Crippen molar-refractivity contribution in [1.29, 1.82) is 5.26 Å². The lowest BCUT2D eigenvalue weighted by Crippen LogP contribution is -2.21. The number of hydrogen-bond acceptors (Lipinski definition) is 1. The Morgan fingerprint density at radius 2 is 1.78 bits per heavy atom. The third kappa shape index (κ3) is 2.69. The highest BCUT2D eigenvalue weighted by atomic mass is 19.2. The zero-order chi connectivity index (χ0) is 13.0. The summed E-state index contributed by atoms with van der Waals surface area (Å²) in [6, 6.07) is 6.57. The molecule has 0 amide bonds. The maximum atomic E-state index is 13.7. The average Bonchev–Trinajstić information content (AvgIpc) is 2.61. The van der Waals surface area contributed by atoms with E-state index in [0.717, 1.165) is 44.6 Å². The monoisotopic (exact) mass is 249 g/mol. The fraction of sp³-hybridized carbons (Fsp3) is 0.533. The van der Waals surface area contributed by atoms with Gasteiger partial charge in [-0.25, -0.2) is 8.78 Å². The van der Waals surface area contributed by atoms with Crippen LogP contribution in [0.2, 0.25) is 0 Å². The molecule has 18 heavy (non-hydrogen) atoms.